The topological polar surface area (TPSA) is 124 Å². The zero-order valence-corrected chi connectivity index (χ0v) is 18.4. The number of benzene rings is 2. The third-order valence-electron chi connectivity index (χ3n) is 5.80. The molecule has 0 radical (unpaired) electrons. The number of amides is 1. The Balaban J connectivity index is 0.000000230. The van der Waals surface area contributed by atoms with Gasteiger partial charge in [-0.25, -0.2) is 9.78 Å². The molecule has 2 aromatic heterocycles. The summed E-state index contributed by atoms with van der Waals surface area (Å²) in [5, 5.41) is 16.4. The lowest BCUT2D eigenvalue weighted by Gasteiger charge is -2.23. The number of carbonyl (C=O) groups is 1. The highest BCUT2D eigenvalue weighted by Gasteiger charge is 2.26. The first-order valence-corrected chi connectivity index (χ1v) is 10.7. The second kappa shape index (κ2) is 9.23. The predicted molar refractivity (Wildman–Crippen MR) is 124 cm³/mol. The quantitative estimate of drug-likeness (QED) is 0.392. The van der Waals surface area contributed by atoms with Crippen molar-refractivity contribution in [3.8, 4) is 11.5 Å². The number of H-pyrrole nitrogens is 2. The average molecular weight is 433 g/mol. The molecule has 0 spiro atoms. The molecule has 8 heteroatoms. The van der Waals surface area contributed by atoms with Crippen LogP contribution >= 0.6 is 0 Å². The summed E-state index contributed by atoms with van der Waals surface area (Å²) in [4.78, 5) is 20.5. The number of imidazole rings is 1. The Morgan fingerprint density at radius 1 is 1.19 bits per heavy atom. The van der Waals surface area contributed by atoms with Gasteiger partial charge in [-0.2, -0.15) is 5.10 Å². The first-order chi connectivity index (χ1) is 15.5. The van der Waals surface area contributed by atoms with Crippen LogP contribution in [0.2, 0.25) is 0 Å². The summed E-state index contributed by atoms with van der Waals surface area (Å²) in [5.41, 5.74) is 13.7. The molecule has 5 rings (SSSR count). The van der Waals surface area contributed by atoms with E-state index < -0.39 is 6.09 Å². The molecule has 0 saturated heterocycles. The summed E-state index contributed by atoms with van der Waals surface area (Å²) in [6, 6.07) is 14.4. The average Bonchev–Trinajstić information content (AvgIpc) is 3.38. The molecule has 1 amide bonds. The molecule has 1 aliphatic rings. The zero-order valence-electron chi connectivity index (χ0n) is 18.4. The van der Waals surface area contributed by atoms with Crippen molar-refractivity contribution in [2.24, 2.45) is 5.73 Å². The molecule has 0 unspecified atom stereocenters. The number of carboxylic acid groups (broad SMARTS) is 1. The number of hydrogen-bond acceptors (Lipinski definition) is 4. The monoisotopic (exact) mass is 432 g/mol. The van der Waals surface area contributed by atoms with Crippen LogP contribution in [-0.2, 0) is 19.4 Å². The lowest BCUT2D eigenvalue weighted by Crippen LogP contribution is -2.34. The van der Waals surface area contributed by atoms with Crippen molar-refractivity contribution in [1.82, 2.24) is 25.1 Å². The van der Waals surface area contributed by atoms with E-state index in [0.29, 0.717) is 19.5 Å². The van der Waals surface area contributed by atoms with Gasteiger partial charge in [-0.3, -0.25) is 5.10 Å². The minimum absolute atomic E-state index is 0.343. The molecule has 2 aromatic carbocycles. The first kappa shape index (κ1) is 21.6. The Morgan fingerprint density at radius 3 is 2.66 bits per heavy atom. The van der Waals surface area contributed by atoms with E-state index in [4.69, 9.17) is 10.8 Å². The summed E-state index contributed by atoms with van der Waals surface area (Å²) in [6.45, 7) is 5.71. The minimum Gasteiger partial charge on any atom is -0.465 e. The Morgan fingerprint density at radius 2 is 1.94 bits per heavy atom. The summed E-state index contributed by atoms with van der Waals surface area (Å²) in [7, 11) is 0. The third-order valence-corrected chi connectivity index (χ3v) is 5.80. The number of hydrogen-bond donors (Lipinski definition) is 4. The van der Waals surface area contributed by atoms with Crippen molar-refractivity contribution in [1.29, 1.82) is 0 Å². The van der Waals surface area contributed by atoms with Crippen molar-refractivity contribution in [2.45, 2.75) is 33.2 Å². The van der Waals surface area contributed by atoms with E-state index in [1.165, 1.54) is 21.6 Å². The second-order valence-electron chi connectivity index (χ2n) is 8.05. The van der Waals surface area contributed by atoms with Crippen molar-refractivity contribution in [2.75, 3.05) is 13.1 Å². The maximum Gasteiger partial charge on any atom is 0.407 e. The molecule has 5 N–H and O–H groups in total. The molecular formula is C24H28N6O2. The van der Waals surface area contributed by atoms with Crippen LogP contribution in [0.5, 0.6) is 0 Å². The highest BCUT2D eigenvalue weighted by atomic mass is 16.4. The van der Waals surface area contributed by atoms with Gasteiger partial charge in [0.1, 0.15) is 5.69 Å². The Kier molecular flexibility index (Phi) is 6.23. The summed E-state index contributed by atoms with van der Waals surface area (Å²) in [5.74, 6) is 0.728. The number of fused-ring (bicyclic) bond motifs is 2. The molecule has 166 valence electrons. The Bertz CT molecular complexity index is 1190. The number of aryl methyl sites for hydroxylation is 2. The molecular weight excluding hydrogens is 404 g/mol. The van der Waals surface area contributed by atoms with Crippen LogP contribution in [0.25, 0.3) is 22.6 Å². The lowest BCUT2D eigenvalue weighted by atomic mass is 10.0. The van der Waals surface area contributed by atoms with E-state index >= 15 is 0 Å². The Labute approximate surface area is 186 Å². The van der Waals surface area contributed by atoms with Crippen molar-refractivity contribution < 1.29 is 9.90 Å². The molecule has 0 aliphatic carbocycles. The molecule has 8 nitrogen and oxygen atoms in total. The van der Waals surface area contributed by atoms with Gasteiger partial charge in [-0.1, -0.05) is 30.3 Å². The fourth-order valence-corrected chi connectivity index (χ4v) is 3.87. The van der Waals surface area contributed by atoms with Crippen LogP contribution in [0.4, 0.5) is 4.79 Å². The number of nitrogens with zero attached hydrogens (tertiary/aromatic N) is 3. The minimum atomic E-state index is -0.901. The van der Waals surface area contributed by atoms with Crippen LogP contribution in [0.3, 0.4) is 0 Å². The maximum absolute atomic E-state index is 11.1. The summed E-state index contributed by atoms with van der Waals surface area (Å²) >= 11 is 0. The third kappa shape index (κ3) is 4.50. The largest absolute Gasteiger partial charge is 0.465 e. The molecule has 0 saturated carbocycles. The molecule has 4 aromatic rings. The summed E-state index contributed by atoms with van der Waals surface area (Å²) < 4.78 is 0. The molecule has 0 atom stereocenters. The number of aromatic nitrogens is 4. The highest BCUT2D eigenvalue weighted by molar-refractivity contribution is 5.81. The van der Waals surface area contributed by atoms with E-state index in [0.717, 1.165) is 46.8 Å². The van der Waals surface area contributed by atoms with Crippen LogP contribution in [-0.4, -0.2) is 49.4 Å². The van der Waals surface area contributed by atoms with Gasteiger partial charge in [0.25, 0.3) is 0 Å². The SMILES string of the molecule is Cc1cc2nc(-c3n[nH]c4c3CCN(C(=O)O)C4)[nH]c2cc1C.NCCc1ccccc1. The van der Waals surface area contributed by atoms with Crippen LogP contribution < -0.4 is 5.73 Å². The van der Waals surface area contributed by atoms with Crippen molar-refractivity contribution in [3.05, 3.63) is 70.4 Å². The first-order valence-electron chi connectivity index (χ1n) is 10.7. The van der Waals surface area contributed by atoms with E-state index in [-0.39, 0.29) is 0 Å². The van der Waals surface area contributed by atoms with E-state index in [1.54, 1.807) is 0 Å². The molecule has 3 heterocycles. The fraction of sp³-hybridized carbons (Fsp3) is 0.292. The van der Waals surface area contributed by atoms with E-state index in [2.05, 4.69) is 58.3 Å². The predicted octanol–water partition coefficient (Wildman–Crippen LogP) is 3.79. The smallest absolute Gasteiger partial charge is 0.407 e. The van der Waals surface area contributed by atoms with Crippen molar-refractivity contribution in [3.63, 3.8) is 0 Å². The normalized spacial score (nSPS) is 12.9. The van der Waals surface area contributed by atoms with Crippen LogP contribution in [0.15, 0.2) is 42.5 Å². The van der Waals surface area contributed by atoms with Gasteiger partial charge in [-0.05, 0) is 62.1 Å². The van der Waals surface area contributed by atoms with E-state index in [9.17, 15) is 4.79 Å². The number of nitrogens with one attached hydrogen (secondary N) is 2. The summed E-state index contributed by atoms with van der Waals surface area (Å²) in [6.07, 6.45) is 0.727. The zero-order chi connectivity index (χ0) is 22.7. The fourth-order valence-electron chi connectivity index (χ4n) is 3.87. The van der Waals surface area contributed by atoms with Crippen molar-refractivity contribution >= 4 is 17.1 Å². The molecule has 1 aliphatic heterocycles. The van der Waals surface area contributed by atoms with Gasteiger partial charge in [0.15, 0.2) is 5.82 Å². The van der Waals surface area contributed by atoms with Gasteiger partial charge in [-0.15, -0.1) is 0 Å². The lowest BCUT2D eigenvalue weighted by molar-refractivity contribution is 0.139. The molecule has 0 fully saturated rings. The van der Waals surface area contributed by atoms with Crippen LogP contribution in [0, 0.1) is 13.8 Å². The van der Waals surface area contributed by atoms with Gasteiger partial charge < -0.3 is 20.7 Å². The number of aromatic amines is 2. The van der Waals surface area contributed by atoms with Gasteiger partial charge in [0, 0.05) is 12.1 Å². The molecule has 32 heavy (non-hydrogen) atoms. The Hall–Kier alpha value is -3.65. The number of nitrogens with two attached hydrogens (primary N) is 1. The van der Waals surface area contributed by atoms with Gasteiger partial charge in [0.05, 0.1) is 23.3 Å². The number of rotatable bonds is 3. The van der Waals surface area contributed by atoms with Gasteiger partial charge >= 0.3 is 6.09 Å². The van der Waals surface area contributed by atoms with Gasteiger partial charge in [0.2, 0.25) is 0 Å². The maximum atomic E-state index is 11.1. The van der Waals surface area contributed by atoms with E-state index in [1.807, 2.05) is 18.2 Å². The second-order valence-corrected chi connectivity index (χ2v) is 8.05. The van der Waals surface area contributed by atoms with Crippen LogP contribution in [0.1, 0.15) is 27.9 Å². The molecule has 0 bridgehead atoms. The standard InChI is InChI=1S/C16H17N5O2.C8H11N/c1-8-5-11-12(6-9(8)2)18-15(17-11)14-10-3-4-21(16(22)23)7-13(10)19-20-14;9-7-6-8-4-2-1-3-5-8/h5-6H,3-4,7H2,1-2H3,(H,17,18)(H,19,20)(H,22,23);1-5H,6-7,9H2. The highest BCUT2D eigenvalue weighted by Crippen LogP contribution is 2.28.